The summed E-state index contributed by atoms with van der Waals surface area (Å²) in [5, 5.41) is 0. The Morgan fingerprint density at radius 1 is 0.880 bits per heavy atom. The van der Waals surface area contributed by atoms with Gasteiger partial charge in [0.1, 0.15) is 0 Å². The van der Waals surface area contributed by atoms with E-state index in [0.717, 1.165) is 37.9 Å². The van der Waals surface area contributed by atoms with E-state index in [9.17, 15) is 9.59 Å². The van der Waals surface area contributed by atoms with Crippen molar-refractivity contribution in [2.45, 2.75) is 51.9 Å². The first-order valence-corrected chi connectivity index (χ1v) is 9.55. The minimum atomic E-state index is 0.0819. The van der Waals surface area contributed by atoms with Crippen molar-refractivity contribution in [3.8, 4) is 0 Å². The average Bonchev–Trinajstić information content (AvgIpc) is 2.78. The standard InChI is InChI=1S/C21H30N2O2/c1-21(2,3)18-10-8-17(9-11-18)20(25)23-13-5-12-22(14-15-23)19(24)16-6-4-7-16/h8-11,16H,4-7,12-15H2,1-3H3. The van der Waals surface area contributed by atoms with Gasteiger partial charge >= 0.3 is 0 Å². The van der Waals surface area contributed by atoms with Crippen LogP contribution in [0.4, 0.5) is 0 Å². The highest BCUT2D eigenvalue weighted by atomic mass is 16.2. The number of rotatable bonds is 2. The number of carbonyl (C=O) groups is 2. The van der Waals surface area contributed by atoms with Crippen molar-refractivity contribution in [1.29, 1.82) is 0 Å². The van der Waals surface area contributed by atoms with Gasteiger partial charge in [0, 0.05) is 37.7 Å². The van der Waals surface area contributed by atoms with Crippen molar-refractivity contribution in [3.63, 3.8) is 0 Å². The SMILES string of the molecule is CC(C)(C)c1ccc(C(=O)N2CCCN(C(=O)C3CCC3)CC2)cc1. The molecule has 136 valence electrons. The van der Waals surface area contributed by atoms with Gasteiger partial charge < -0.3 is 9.80 Å². The van der Waals surface area contributed by atoms with E-state index < -0.39 is 0 Å². The van der Waals surface area contributed by atoms with Crippen LogP contribution in [0.15, 0.2) is 24.3 Å². The Morgan fingerprint density at radius 3 is 2.04 bits per heavy atom. The van der Waals surface area contributed by atoms with Crippen molar-refractivity contribution in [2.75, 3.05) is 26.2 Å². The van der Waals surface area contributed by atoms with Crippen LogP contribution < -0.4 is 0 Å². The van der Waals surface area contributed by atoms with Crippen LogP contribution in [0, 0.1) is 5.92 Å². The van der Waals surface area contributed by atoms with Crippen molar-refractivity contribution in [2.24, 2.45) is 5.92 Å². The molecule has 1 saturated carbocycles. The van der Waals surface area contributed by atoms with Crippen LogP contribution in [-0.4, -0.2) is 47.8 Å². The van der Waals surface area contributed by atoms with Gasteiger partial charge in [-0.2, -0.15) is 0 Å². The predicted octanol–water partition coefficient (Wildman–Crippen LogP) is 3.46. The van der Waals surface area contributed by atoms with Gasteiger partial charge in [0.25, 0.3) is 5.91 Å². The van der Waals surface area contributed by atoms with Gasteiger partial charge in [-0.1, -0.05) is 39.3 Å². The van der Waals surface area contributed by atoms with Crippen LogP contribution in [0.3, 0.4) is 0 Å². The molecule has 1 aromatic rings. The van der Waals surface area contributed by atoms with E-state index in [1.807, 2.05) is 21.9 Å². The zero-order chi connectivity index (χ0) is 18.0. The Hall–Kier alpha value is -1.84. The number of carbonyl (C=O) groups excluding carboxylic acids is 2. The van der Waals surface area contributed by atoms with Gasteiger partial charge in [-0.05, 0) is 42.4 Å². The Labute approximate surface area is 151 Å². The van der Waals surface area contributed by atoms with Crippen molar-refractivity contribution in [3.05, 3.63) is 35.4 Å². The summed E-state index contributed by atoms with van der Waals surface area (Å²) in [4.78, 5) is 29.1. The molecule has 4 heteroatoms. The van der Waals surface area contributed by atoms with Crippen LogP contribution >= 0.6 is 0 Å². The first-order chi connectivity index (χ1) is 11.9. The van der Waals surface area contributed by atoms with E-state index in [1.54, 1.807) is 0 Å². The Kier molecular flexibility index (Phi) is 5.16. The third-order valence-electron chi connectivity index (χ3n) is 5.55. The molecule has 2 amide bonds. The second kappa shape index (κ2) is 7.19. The Morgan fingerprint density at radius 2 is 1.48 bits per heavy atom. The van der Waals surface area contributed by atoms with Crippen molar-refractivity contribution >= 4 is 11.8 Å². The lowest BCUT2D eigenvalue weighted by molar-refractivity contribution is -0.138. The maximum absolute atomic E-state index is 12.8. The van der Waals surface area contributed by atoms with Crippen LogP contribution in [0.5, 0.6) is 0 Å². The summed E-state index contributed by atoms with van der Waals surface area (Å²) in [5.41, 5.74) is 2.07. The Balaban J connectivity index is 1.61. The molecule has 1 aliphatic carbocycles. The quantitative estimate of drug-likeness (QED) is 0.826. The third-order valence-corrected chi connectivity index (χ3v) is 5.55. The Bertz CT molecular complexity index is 626. The second-order valence-corrected chi connectivity index (χ2v) is 8.43. The molecule has 0 radical (unpaired) electrons. The highest BCUT2D eigenvalue weighted by molar-refractivity contribution is 5.94. The van der Waals surface area contributed by atoms with Gasteiger partial charge in [-0.25, -0.2) is 0 Å². The third kappa shape index (κ3) is 4.05. The zero-order valence-corrected chi connectivity index (χ0v) is 15.8. The fourth-order valence-electron chi connectivity index (χ4n) is 3.55. The topological polar surface area (TPSA) is 40.6 Å². The highest BCUT2D eigenvalue weighted by Gasteiger charge is 2.31. The van der Waals surface area contributed by atoms with Crippen LogP contribution in [0.1, 0.15) is 62.4 Å². The molecule has 4 nitrogen and oxygen atoms in total. The molecule has 0 aromatic heterocycles. The van der Waals surface area contributed by atoms with E-state index in [-0.39, 0.29) is 17.2 Å². The maximum Gasteiger partial charge on any atom is 0.253 e. The van der Waals surface area contributed by atoms with Gasteiger partial charge in [0.05, 0.1) is 0 Å². The van der Waals surface area contributed by atoms with Crippen LogP contribution in [-0.2, 0) is 10.2 Å². The van der Waals surface area contributed by atoms with Crippen LogP contribution in [0.25, 0.3) is 0 Å². The molecule has 0 unspecified atom stereocenters. The van der Waals surface area contributed by atoms with E-state index in [0.29, 0.717) is 19.0 Å². The fourth-order valence-corrected chi connectivity index (χ4v) is 3.55. The molecule has 1 saturated heterocycles. The zero-order valence-electron chi connectivity index (χ0n) is 15.8. The maximum atomic E-state index is 12.8. The first kappa shape index (κ1) is 18.0. The van der Waals surface area contributed by atoms with Gasteiger partial charge in [0.15, 0.2) is 0 Å². The summed E-state index contributed by atoms with van der Waals surface area (Å²) in [6.45, 7) is 9.33. The molecule has 2 fully saturated rings. The van der Waals surface area contributed by atoms with Gasteiger partial charge in [-0.15, -0.1) is 0 Å². The summed E-state index contributed by atoms with van der Waals surface area (Å²) < 4.78 is 0. The summed E-state index contributed by atoms with van der Waals surface area (Å²) in [5.74, 6) is 0.626. The first-order valence-electron chi connectivity index (χ1n) is 9.55. The second-order valence-electron chi connectivity index (χ2n) is 8.43. The summed E-state index contributed by atoms with van der Waals surface area (Å²) in [7, 11) is 0. The van der Waals surface area contributed by atoms with Crippen LogP contribution in [0.2, 0.25) is 0 Å². The molecule has 0 spiro atoms. The van der Waals surface area contributed by atoms with Gasteiger partial charge in [-0.3, -0.25) is 9.59 Å². The molecule has 2 aliphatic rings. The smallest absolute Gasteiger partial charge is 0.253 e. The molecule has 1 aromatic carbocycles. The number of hydrogen-bond donors (Lipinski definition) is 0. The molecule has 0 atom stereocenters. The number of hydrogen-bond acceptors (Lipinski definition) is 2. The minimum Gasteiger partial charge on any atom is -0.341 e. The van der Waals surface area contributed by atoms with E-state index >= 15 is 0 Å². The molecule has 1 heterocycles. The number of amides is 2. The van der Waals surface area contributed by atoms with Gasteiger partial charge in [0.2, 0.25) is 5.91 Å². The normalized spacial score (nSPS) is 19.3. The molecule has 1 aliphatic heterocycles. The van der Waals surface area contributed by atoms with E-state index in [4.69, 9.17) is 0 Å². The number of nitrogens with zero attached hydrogens (tertiary/aromatic N) is 2. The lowest BCUT2D eigenvalue weighted by atomic mass is 9.84. The summed E-state index contributed by atoms with van der Waals surface area (Å²) in [6, 6.07) is 7.98. The lowest BCUT2D eigenvalue weighted by Crippen LogP contribution is -2.41. The van der Waals surface area contributed by atoms with E-state index in [2.05, 4.69) is 32.9 Å². The lowest BCUT2D eigenvalue weighted by Gasteiger charge is -2.31. The molecule has 0 bridgehead atoms. The van der Waals surface area contributed by atoms with Crippen molar-refractivity contribution < 1.29 is 9.59 Å². The molecular formula is C21H30N2O2. The molecule has 0 N–H and O–H groups in total. The largest absolute Gasteiger partial charge is 0.341 e. The highest BCUT2D eigenvalue weighted by Crippen LogP contribution is 2.28. The summed E-state index contributed by atoms with van der Waals surface area (Å²) >= 11 is 0. The number of benzene rings is 1. The summed E-state index contributed by atoms with van der Waals surface area (Å²) in [6.07, 6.45) is 4.12. The average molecular weight is 342 g/mol. The molecular weight excluding hydrogens is 312 g/mol. The fraction of sp³-hybridized carbons (Fsp3) is 0.619. The monoisotopic (exact) mass is 342 g/mol. The molecule has 25 heavy (non-hydrogen) atoms. The van der Waals surface area contributed by atoms with Crippen molar-refractivity contribution in [1.82, 2.24) is 9.80 Å². The van der Waals surface area contributed by atoms with E-state index in [1.165, 1.54) is 12.0 Å². The minimum absolute atomic E-state index is 0.0819. The molecule has 3 rings (SSSR count). The predicted molar refractivity (Wildman–Crippen MR) is 99.6 cm³/mol.